The second-order valence-corrected chi connectivity index (χ2v) is 7.37. The maximum atomic E-state index is 12.3. The van der Waals surface area contributed by atoms with E-state index in [9.17, 15) is 4.79 Å². The van der Waals surface area contributed by atoms with E-state index in [0.29, 0.717) is 6.42 Å². The predicted molar refractivity (Wildman–Crippen MR) is 88.2 cm³/mol. The maximum Gasteiger partial charge on any atom is 0.177 e. The molecular formula is C16H15IOS. The summed E-state index contributed by atoms with van der Waals surface area (Å²) in [6.45, 7) is 0. The fourth-order valence-electron chi connectivity index (χ4n) is 2.50. The normalized spacial score (nSPS) is 14.2. The number of Topliss-reactive ketones (excluding diaryl/α,β-unsaturated/α-hetero) is 1. The second kappa shape index (κ2) is 5.75. The van der Waals surface area contributed by atoms with Gasteiger partial charge in [-0.05, 0) is 77.6 Å². The summed E-state index contributed by atoms with van der Waals surface area (Å²) in [5.74, 6) is 0.264. The smallest absolute Gasteiger partial charge is 0.177 e. The molecule has 2 aromatic rings. The molecule has 0 atom stereocenters. The van der Waals surface area contributed by atoms with Gasteiger partial charge in [-0.25, -0.2) is 0 Å². The van der Waals surface area contributed by atoms with Crippen molar-refractivity contribution in [2.75, 3.05) is 0 Å². The Hall–Kier alpha value is -0.680. The Balaban J connectivity index is 1.76. The largest absolute Gasteiger partial charge is 0.293 e. The van der Waals surface area contributed by atoms with Crippen LogP contribution in [-0.2, 0) is 19.3 Å². The van der Waals surface area contributed by atoms with Gasteiger partial charge in [0, 0.05) is 14.9 Å². The van der Waals surface area contributed by atoms with Crippen molar-refractivity contribution in [1.29, 1.82) is 0 Å². The number of benzene rings is 1. The fourth-order valence-corrected chi connectivity index (χ4v) is 4.05. The first-order valence-corrected chi connectivity index (χ1v) is 8.51. The Bertz CT molecular complexity index is 574. The lowest BCUT2D eigenvalue weighted by Gasteiger charge is -2.08. The summed E-state index contributed by atoms with van der Waals surface area (Å²) < 4.78 is 1.21. The van der Waals surface area contributed by atoms with Gasteiger partial charge in [-0.2, -0.15) is 0 Å². The lowest BCUT2D eigenvalue weighted by atomic mass is 9.98. The molecule has 19 heavy (non-hydrogen) atoms. The molecule has 0 saturated carbocycles. The Labute approximate surface area is 131 Å². The van der Waals surface area contributed by atoms with Gasteiger partial charge in [0.05, 0.1) is 4.88 Å². The monoisotopic (exact) mass is 382 g/mol. The van der Waals surface area contributed by atoms with Crippen molar-refractivity contribution in [1.82, 2.24) is 0 Å². The fraction of sp³-hybridized carbons (Fsp3) is 0.312. The minimum atomic E-state index is 0.264. The number of carbonyl (C=O) groups is 1. The van der Waals surface area contributed by atoms with Crippen molar-refractivity contribution in [3.63, 3.8) is 0 Å². The number of thiophene rings is 1. The Morgan fingerprint density at radius 3 is 2.63 bits per heavy atom. The van der Waals surface area contributed by atoms with Crippen molar-refractivity contribution in [3.05, 3.63) is 54.8 Å². The Morgan fingerprint density at radius 2 is 1.89 bits per heavy atom. The van der Waals surface area contributed by atoms with E-state index in [1.807, 2.05) is 12.1 Å². The summed E-state index contributed by atoms with van der Waals surface area (Å²) in [7, 11) is 0. The van der Waals surface area contributed by atoms with Crippen molar-refractivity contribution in [2.45, 2.75) is 32.1 Å². The lowest BCUT2D eigenvalue weighted by Crippen LogP contribution is -2.01. The summed E-state index contributed by atoms with van der Waals surface area (Å²) in [6.07, 6.45) is 5.39. The third-order valence-corrected chi connectivity index (χ3v) is 5.55. The van der Waals surface area contributed by atoms with E-state index in [2.05, 4.69) is 40.8 Å². The number of hydrogen-bond acceptors (Lipinski definition) is 2. The van der Waals surface area contributed by atoms with Crippen LogP contribution in [0.5, 0.6) is 0 Å². The molecule has 1 aliphatic carbocycles. The molecule has 0 unspecified atom stereocenters. The zero-order valence-electron chi connectivity index (χ0n) is 10.6. The van der Waals surface area contributed by atoms with Crippen LogP contribution < -0.4 is 0 Å². The summed E-state index contributed by atoms with van der Waals surface area (Å²) in [5.41, 5.74) is 2.53. The van der Waals surface area contributed by atoms with E-state index >= 15 is 0 Å². The molecule has 1 nitrogen and oxygen atoms in total. The molecule has 1 aliphatic rings. The number of halogens is 1. The summed E-state index contributed by atoms with van der Waals surface area (Å²) in [6, 6.07) is 10.3. The SMILES string of the molecule is O=C(Cc1ccc(I)cc1)c1cc2c(s1)CCCC2. The van der Waals surface area contributed by atoms with Gasteiger partial charge < -0.3 is 0 Å². The van der Waals surface area contributed by atoms with Crippen LogP contribution in [-0.4, -0.2) is 5.78 Å². The number of rotatable bonds is 3. The average Bonchev–Trinajstić information content (AvgIpc) is 2.85. The number of aryl methyl sites for hydroxylation is 2. The molecule has 0 aliphatic heterocycles. The molecule has 0 fully saturated rings. The van der Waals surface area contributed by atoms with Crippen LogP contribution in [0.3, 0.4) is 0 Å². The third kappa shape index (κ3) is 3.08. The molecule has 0 bridgehead atoms. The van der Waals surface area contributed by atoms with Crippen LogP contribution in [0.25, 0.3) is 0 Å². The van der Waals surface area contributed by atoms with Crippen molar-refractivity contribution in [3.8, 4) is 0 Å². The summed E-state index contributed by atoms with van der Waals surface area (Å²) >= 11 is 4.00. The van der Waals surface area contributed by atoms with Crippen molar-refractivity contribution in [2.24, 2.45) is 0 Å². The average molecular weight is 382 g/mol. The number of fused-ring (bicyclic) bond motifs is 1. The van der Waals surface area contributed by atoms with Gasteiger partial charge in [-0.15, -0.1) is 11.3 Å². The highest BCUT2D eigenvalue weighted by atomic mass is 127. The standard InChI is InChI=1S/C16H15IOS/c17-13-7-5-11(6-8-13)9-14(18)16-10-12-3-1-2-4-15(12)19-16/h5-8,10H,1-4,9H2. The van der Waals surface area contributed by atoms with Crippen LogP contribution in [0.4, 0.5) is 0 Å². The van der Waals surface area contributed by atoms with E-state index in [4.69, 9.17) is 0 Å². The second-order valence-electron chi connectivity index (χ2n) is 4.99. The summed E-state index contributed by atoms with van der Waals surface area (Å²) in [5, 5.41) is 0. The molecule has 0 saturated heterocycles. The molecule has 1 aromatic heterocycles. The molecule has 98 valence electrons. The van der Waals surface area contributed by atoms with E-state index in [0.717, 1.165) is 23.3 Å². The zero-order valence-corrected chi connectivity index (χ0v) is 13.6. The molecule has 3 rings (SSSR count). The van der Waals surface area contributed by atoms with Crippen molar-refractivity contribution < 1.29 is 4.79 Å². The molecule has 0 radical (unpaired) electrons. The van der Waals surface area contributed by atoms with Gasteiger partial charge in [-0.1, -0.05) is 12.1 Å². The van der Waals surface area contributed by atoms with E-state index in [1.54, 1.807) is 11.3 Å². The number of hydrogen-bond donors (Lipinski definition) is 0. The molecule has 0 N–H and O–H groups in total. The first kappa shape index (κ1) is 13.3. The molecular weight excluding hydrogens is 367 g/mol. The molecule has 0 amide bonds. The quantitative estimate of drug-likeness (QED) is 0.558. The van der Waals surface area contributed by atoms with Gasteiger partial charge in [0.15, 0.2) is 5.78 Å². The highest BCUT2D eigenvalue weighted by Gasteiger charge is 2.17. The minimum absolute atomic E-state index is 0.264. The van der Waals surface area contributed by atoms with E-state index in [1.165, 1.54) is 26.9 Å². The topological polar surface area (TPSA) is 17.1 Å². The third-order valence-electron chi connectivity index (χ3n) is 3.55. The predicted octanol–water partition coefficient (Wildman–Crippen LogP) is 4.66. The molecule has 1 heterocycles. The van der Waals surface area contributed by atoms with Crippen molar-refractivity contribution >= 4 is 39.7 Å². The zero-order chi connectivity index (χ0) is 13.2. The Kier molecular flexibility index (Phi) is 4.03. The number of carbonyl (C=O) groups excluding carboxylic acids is 1. The number of ketones is 1. The van der Waals surface area contributed by atoms with E-state index in [-0.39, 0.29) is 5.78 Å². The first-order valence-electron chi connectivity index (χ1n) is 6.61. The molecule has 1 aromatic carbocycles. The maximum absolute atomic E-state index is 12.3. The first-order chi connectivity index (χ1) is 9.22. The Morgan fingerprint density at radius 1 is 1.16 bits per heavy atom. The van der Waals surface area contributed by atoms with Crippen LogP contribution in [0, 0.1) is 3.57 Å². The highest BCUT2D eigenvalue weighted by molar-refractivity contribution is 14.1. The van der Waals surface area contributed by atoms with Gasteiger partial charge in [0.2, 0.25) is 0 Å². The van der Waals surface area contributed by atoms with Crippen LogP contribution in [0.1, 0.15) is 38.5 Å². The lowest BCUT2D eigenvalue weighted by molar-refractivity contribution is 0.0997. The van der Waals surface area contributed by atoms with Gasteiger partial charge >= 0.3 is 0 Å². The minimum Gasteiger partial charge on any atom is -0.293 e. The molecule has 0 spiro atoms. The highest BCUT2D eigenvalue weighted by Crippen LogP contribution is 2.30. The van der Waals surface area contributed by atoms with Gasteiger partial charge in [0.1, 0.15) is 0 Å². The summed E-state index contributed by atoms with van der Waals surface area (Å²) in [4.78, 5) is 14.7. The van der Waals surface area contributed by atoms with Crippen LogP contribution in [0.15, 0.2) is 30.3 Å². The van der Waals surface area contributed by atoms with Crippen LogP contribution >= 0.6 is 33.9 Å². The van der Waals surface area contributed by atoms with Crippen LogP contribution in [0.2, 0.25) is 0 Å². The van der Waals surface area contributed by atoms with E-state index < -0.39 is 0 Å². The van der Waals surface area contributed by atoms with Gasteiger partial charge in [0.25, 0.3) is 0 Å². The van der Waals surface area contributed by atoms with Gasteiger partial charge in [-0.3, -0.25) is 4.79 Å². The molecule has 3 heteroatoms.